The molecule has 4 aromatic carbocycles. The van der Waals surface area contributed by atoms with E-state index >= 15 is 0 Å². The van der Waals surface area contributed by atoms with Crippen molar-refractivity contribution in [3.05, 3.63) is 139 Å². The van der Waals surface area contributed by atoms with E-state index in [1.807, 2.05) is 72.8 Å². The summed E-state index contributed by atoms with van der Waals surface area (Å²) in [5.74, 6) is 2.62. The Morgan fingerprint density at radius 2 is 1.00 bits per heavy atom. The van der Waals surface area contributed by atoms with Crippen molar-refractivity contribution in [3.8, 4) is 23.0 Å². The Balaban J connectivity index is 1.29. The van der Waals surface area contributed by atoms with Gasteiger partial charge in [0, 0.05) is 12.1 Å². The van der Waals surface area contributed by atoms with Crippen molar-refractivity contribution in [2.24, 2.45) is 0 Å². The molecule has 184 valence electrons. The zero-order valence-electron chi connectivity index (χ0n) is 20.4. The van der Waals surface area contributed by atoms with Gasteiger partial charge in [-0.1, -0.05) is 49.6 Å². The maximum Gasteiger partial charge on any atom is 0.247 e. The number of anilines is 1. The van der Waals surface area contributed by atoms with Gasteiger partial charge < -0.3 is 14.8 Å². The molecule has 0 atom stereocenters. The fraction of sp³-hybridized carbons (Fsp3) is 0.0625. The molecule has 0 saturated carbocycles. The molecular weight excluding hydrogens is 462 g/mol. The highest BCUT2D eigenvalue weighted by Crippen LogP contribution is 2.26. The number of ether oxygens (including phenoxy) is 2. The third-order valence-corrected chi connectivity index (χ3v) is 5.56. The summed E-state index contributed by atoms with van der Waals surface area (Å²) in [7, 11) is 0. The molecule has 0 unspecified atom stereocenters. The lowest BCUT2D eigenvalue weighted by molar-refractivity contribution is -0.114. The minimum Gasteiger partial charge on any atom is -0.457 e. The fourth-order valence-corrected chi connectivity index (χ4v) is 3.61. The van der Waals surface area contributed by atoms with Gasteiger partial charge in [-0.05, 0) is 95.9 Å². The van der Waals surface area contributed by atoms with Crippen LogP contribution in [0.3, 0.4) is 0 Å². The third kappa shape index (κ3) is 7.54. The van der Waals surface area contributed by atoms with Crippen LogP contribution >= 0.6 is 0 Å². The van der Waals surface area contributed by atoms with E-state index in [1.165, 1.54) is 12.2 Å². The molecular formula is C32H27NO4. The molecule has 4 rings (SSSR count). The number of allylic oxidation sites excluding steroid dienone is 1. The van der Waals surface area contributed by atoms with Gasteiger partial charge in [0.15, 0.2) is 5.78 Å². The van der Waals surface area contributed by atoms with Crippen LogP contribution in [0.25, 0.3) is 0 Å². The van der Waals surface area contributed by atoms with Crippen molar-refractivity contribution < 1.29 is 19.1 Å². The lowest BCUT2D eigenvalue weighted by atomic mass is 10.0. The zero-order valence-corrected chi connectivity index (χ0v) is 20.4. The topological polar surface area (TPSA) is 64.6 Å². The molecule has 0 aliphatic rings. The Morgan fingerprint density at radius 3 is 1.41 bits per heavy atom. The molecule has 0 aromatic heterocycles. The van der Waals surface area contributed by atoms with Crippen molar-refractivity contribution >= 4 is 17.4 Å². The summed E-state index contributed by atoms with van der Waals surface area (Å²) in [6, 6.07) is 30.6. The molecule has 0 heterocycles. The van der Waals surface area contributed by atoms with Gasteiger partial charge in [-0.3, -0.25) is 9.59 Å². The molecule has 5 nitrogen and oxygen atoms in total. The third-order valence-electron chi connectivity index (χ3n) is 5.56. The standard InChI is InChI=1S/C32H27NO4/c1-3-27(34)22-25-9-17-30(18-10-25)36-28-13-5-23(6-14-28)21-24-7-15-29(16-8-24)37-31-19-11-26(12-20-31)33-32(35)4-2/h3-20H,1-2,21-22H2,(H,33,35). The van der Waals surface area contributed by atoms with Gasteiger partial charge in [-0.2, -0.15) is 0 Å². The number of nitrogens with one attached hydrogen (secondary N) is 1. The maximum absolute atomic E-state index is 11.5. The van der Waals surface area contributed by atoms with Gasteiger partial charge in [-0.15, -0.1) is 0 Å². The quantitative estimate of drug-likeness (QED) is 0.225. The summed E-state index contributed by atoms with van der Waals surface area (Å²) < 4.78 is 11.8. The Labute approximate surface area is 216 Å². The van der Waals surface area contributed by atoms with Crippen molar-refractivity contribution in [3.63, 3.8) is 0 Å². The molecule has 5 heteroatoms. The molecule has 1 N–H and O–H groups in total. The number of rotatable bonds is 11. The minimum atomic E-state index is -0.254. The highest BCUT2D eigenvalue weighted by Gasteiger charge is 2.04. The highest BCUT2D eigenvalue weighted by molar-refractivity contribution is 5.98. The maximum atomic E-state index is 11.5. The van der Waals surface area contributed by atoms with Crippen LogP contribution in [0.5, 0.6) is 23.0 Å². The average molecular weight is 490 g/mol. The summed E-state index contributed by atoms with van der Waals surface area (Å²) in [5, 5.41) is 2.70. The Hall–Kier alpha value is -4.90. The smallest absolute Gasteiger partial charge is 0.247 e. The van der Waals surface area contributed by atoms with Gasteiger partial charge >= 0.3 is 0 Å². The second kappa shape index (κ2) is 12.2. The number of carbonyl (C=O) groups is 2. The fourth-order valence-electron chi connectivity index (χ4n) is 3.61. The Morgan fingerprint density at radius 1 is 0.595 bits per heavy atom. The van der Waals surface area contributed by atoms with Crippen molar-refractivity contribution in [2.45, 2.75) is 12.8 Å². The van der Waals surface area contributed by atoms with Crippen LogP contribution in [0.15, 0.2) is 122 Å². The summed E-state index contributed by atoms with van der Waals surface area (Å²) in [6.07, 6.45) is 3.69. The molecule has 0 saturated heterocycles. The first-order valence-electron chi connectivity index (χ1n) is 11.8. The predicted octanol–water partition coefficient (Wildman–Crippen LogP) is 7.28. The number of ketones is 1. The van der Waals surface area contributed by atoms with Gasteiger partial charge in [0.2, 0.25) is 5.91 Å². The monoisotopic (exact) mass is 489 g/mol. The van der Waals surface area contributed by atoms with E-state index < -0.39 is 0 Å². The molecule has 0 radical (unpaired) electrons. The van der Waals surface area contributed by atoms with Crippen molar-refractivity contribution in [1.82, 2.24) is 0 Å². The van der Waals surface area contributed by atoms with Crippen LogP contribution in [0.2, 0.25) is 0 Å². The molecule has 0 bridgehead atoms. The number of amides is 1. The number of hydrogen-bond acceptors (Lipinski definition) is 4. The molecule has 0 aliphatic carbocycles. The first-order valence-corrected chi connectivity index (χ1v) is 11.8. The summed E-state index contributed by atoms with van der Waals surface area (Å²) in [6.45, 7) is 6.94. The van der Waals surface area contributed by atoms with Crippen LogP contribution in [-0.4, -0.2) is 11.7 Å². The zero-order chi connectivity index (χ0) is 26.0. The van der Waals surface area contributed by atoms with E-state index in [9.17, 15) is 9.59 Å². The largest absolute Gasteiger partial charge is 0.457 e. The molecule has 1 amide bonds. The second-order valence-electron chi connectivity index (χ2n) is 8.38. The van der Waals surface area contributed by atoms with Gasteiger partial charge in [0.1, 0.15) is 23.0 Å². The van der Waals surface area contributed by atoms with E-state index in [0.717, 1.165) is 34.6 Å². The lowest BCUT2D eigenvalue weighted by Gasteiger charge is -2.09. The molecule has 0 spiro atoms. The normalized spacial score (nSPS) is 10.3. The highest BCUT2D eigenvalue weighted by atomic mass is 16.5. The van der Waals surface area contributed by atoms with Crippen molar-refractivity contribution in [2.75, 3.05) is 5.32 Å². The van der Waals surface area contributed by atoms with E-state index in [4.69, 9.17) is 9.47 Å². The molecule has 37 heavy (non-hydrogen) atoms. The van der Waals surface area contributed by atoms with Crippen LogP contribution in [0.1, 0.15) is 16.7 Å². The van der Waals surface area contributed by atoms with Crippen LogP contribution in [0.4, 0.5) is 5.69 Å². The van der Waals surface area contributed by atoms with Gasteiger partial charge in [0.25, 0.3) is 0 Å². The van der Waals surface area contributed by atoms with Crippen molar-refractivity contribution in [1.29, 1.82) is 0 Å². The molecule has 4 aromatic rings. The number of carbonyl (C=O) groups excluding carboxylic acids is 2. The lowest BCUT2D eigenvalue weighted by Crippen LogP contribution is -2.06. The first-order chi connectivity index (χ1) is 18.0. The van der Waals surface area contributed by atoms with E-state index in [-0.39, 0.29) is 11.7 Å². The first kappa shape index (κ1) is 25.2. The Bertz CT molecular complexity index is 1260. The van der Waals surface area contributed by atoms with Crippen LogP contribution in [-0.2, 0) is 22.4 Å². The SMILES string of the molecule is C=CC(=O)Cc1ccc(Oc2ccc(Cc3ccc(Oc4ccc(NC(=O)C=C)cc4)cc3)cc2)cc1. The minimum absolute atomic E-state index is 0.00588. The summed E-state index contributed by atoms with van der Waals surface area (Å²) in [4.78, 5) is 22.9. The molecule has 0 fully saturated rings. The number of hydrogen-bond donors (Lipinski definition) is 1. The van der Waals surface area contributed by atoms with E-state index in [2.05, 4.69) is 18.5 Å². The van der Waals surface area contributed by atoms with Crippen LogP contribution < -0.4 is 14.8 Å². The Kier molecular flexibility index (Phi) is 8.29. The van der Waals surface area contributed by atoms with E-state index in [1.54, 1.807) is 24.3 Å². The number of benzene rings is 4. The van der Waals surface area contributed by atoms with Gasteiger partial charge in [0.05, 0.1) is 0 Å². The average Bonchev–Trinajstić information content (AvgIpc) is 2.93. The van der Waals surface area contributed by atoms with E-state index in [0.29, 0.717) is 23.6 Å². The van der Waals surface area contributed by atoms with Gasteiger partial charge in [-0.25, -0.2) is 0 Å². The molecule has 0 aliphatic heterocycles. The summed E-state index contributed by atoms with van der Waals surface area (Å²) in [5.41, 5.74) is 3.93. The van der Waals surface area contributed by atoms with Crippen LogP contribution in [0, 0.1) is 0 Å². The summed E-state index contributed by atoms with van der Waals surface area (Å²) >= 11 is 0. The second-order valence-corrected chi connectivity index (χ2v) is 8.38. The predicted molar refractivity (Wildman–Crippen MR) is 146 cm³/mol.